The Morgan fingerprint density at radius 2 is 2.12 bits per heavy atom. The van der Waals surface area contributed by atoms with Gasteiger partial charge in [-0.2, -0.15) is 0 Å². The van der Waals surface area contributed by atoms with Gasteiger partial charge in [0.25, 0.3) is 0 Å². The normalized spacial score (nSPS) is 21.5. The minimum Gasteiger partial charge on any atom is -0.356 e. The van der Waals surface area contributed by atoms with E-state index >= 15 is 0 Å². The van der Waals surface area contributed by atoms with E-state index in [2.05, 4.69) is 15.3 Å². The monoisotopic (exact) mass is 343 g/mol. The molecule has 3 heterocycles. The van der Waals surface area contributed by atoms with E-state index in [1.807, 2.05) is 18.2 Å². The molecule has 2 fully saturated rings. The van der Waals surface area contributed by atoms with Gasteiger partial charge < -0.3 is 10.2 Å². The van der Waals surface area contributed by atoms with Crippen molar-refractivity contribution in [2.45, 2.75) is 32.2 Å². The second-order valence-electron chi connectivity index (χ2n) is 7.26. The van der Waals surface area contributed by atoms with E-state index in [9.17, 15) is 9.59 Å². The van der Waals surface area contributed by atoms with Crippen molar-refractivity contribution in [1.29, 1.82) is 0 Å². The number of fused-ring (bicyclic) bond motifs is 1. The number of likely N-dealkylation sites (tertiary alicyclic amines) is 1. The first-order valence-electron chi connectivity index (χ1n) is 9.25. The Morgan fingerprint density at radius 1 is 1.24 bits per heavy atom. The molecule has 1 N–H and O–H groups in total. The first kappa shape index (κ1) is 16.3. The van der Waals surface area contributed by atoms with Gasteiger partial charge in [-0.15, -0.1) is 5.10 Å². The highest BCUT2D eigenvalue weighted by atomic mass is 16.2. The van der Waals surface area contributed by atoms with Crippen LogP contribution in [0.2, 0.25) is 0 Å². The van der Waals surface area contributed by atoms with Crippen molar-refractivity contribution >= 4 is 11.6 Å². The van der Waals surface area contributed by atoms with E-state index in [0.29, 0.717) is 18.1 Å². The standard InChI is InChI=1S/C18H25N5O2/c24-17(19-12-14-6-7-14)15-4-3-8-21(13-15)10-11-23-18(25)22-9-2-1-5-16(22)20-23/h1-2,5,9,14-15H,3-4,6-8,10-13H2,(H,19,24). The number of pyridine rings is 1. The lowest BCUT2D eigenvalue weighted by atomic mass is 9.97. The number of rotatable bonds is 6. The number of hydrogen-bond acceptors (Lipinski definition) is 4. The van der Waals surface area contributed by atoms with Crippen LogP contribution in [0.25, 0.3) is 5.65 Å². The first-order valence-corrected chi connectivity index (χ1v) is 9.25. The number of piperidine rings is 1. The average molecular weight is 343 g/mol. The van der Waals surface area contributed by atoms with E-state index < -0.39 is 0 Å². The van der Waals surface area contributed by atoms with Gasteiger partial charge in [0.15, 0.2) is 5.65 Å². The highest BCUT2D eigenvalue weighted by molar-refractivity contribution is 5.79. The number of hydrogen-bond donors (Lipinski definition) is 1. The van der Waals surface area contributed by atoms with Crippen molar-refractivity contribution in [1.82, 2.24) is 24.4 Å². The smallest absolute Gasteiger partial charge is 0.350 e. The Labute approximate surface area is 146 Å². The van der Waals surface area contributed by atoms with E-state index in [-0.39, 0.29) is 17.5 Å². The Kier molecular flexibility index (Phi) is 4.57. The number of amides is 1. The van der Waals surface area contributed by atoms with Crippen LogP contribution in [-0.4, -0.2) is 51.2 Å². The largest absolute Gasteiger partial charge is 0.356 e. The Balaban J connectivity index is 1.33. The van der Waals surface area contributed by atoms with Crippen LogP contribution in [0.3, 0.4) is 0 Å². The van der Waals surface area contributed by atoms with Gasteiger partial charge in [0.05, 0.1) is 12.5 Å². The van der Waals surface area contributed by atoms with Crippen LogP contribution in [0.15, 0.2) is 29.2 Å². The fraction of sp³-hybridized carbons (Fsp3) is 0.611. The molecule has 1 amide bonds. The van der Waals surface area contributed by atoms with Crippen molar-refractivity contribution < 1.29 is 4.79 Å². The van der Waals surface area contributed by atoms with Gasteiger partial charge in [-0.05, 0) is 50.3 Å². The van der Waals surface area contributed by atoms with Gasteiger partial charge >= 0.3 is 5.69 Å². The summed E-state index contributed by atoms with van der Waals surface area (Å²) in [5, 5.41) is 7.47. The van der Waals surface area contributed by atoms with Crippen molar-refractivity contribution in [2.24, 2.45) is 11.8 Å². The molecular weight excluding hydrogens is 318 g/mol. The maximum absolute atomic E-state index is 12.3. The highest BCUT2D eigenvalue weighted by Gasteiger charge is 2.28. The highest BCUT2D eigenvalue weighted by Crippen LogP contribution is 2.27. The van der Waals surface area contributed by atoms with E-state index in [4.69, 9.17) is 0 Å². The molecule has 1 aliphatic heterocycles. The van der Waals surface area contributed by atoms with Gasteiger partial charge in [-0.3, -0.25) is 9.20 Å². The number of nitrogens with zero attached hydrogens (tertiary/aromatic N) is 4. The summed E-state index contributed by atoms with van der Waals surface area (Å²) in [6, 6.07) is 5.54. The Hall–Kier alpha value is -2.15. The fourth-order valence-corrected chi connectivity index (χ4v) is 3.53. The van der Waals surface area contributed by atoms with Crippen molar-refractivity contribution in [2.75, 3.05) is 26.2 Å². The quantitative estimate of drug-likeness (QED) is 0.840. The topological polar surface area (TPSA) is 71.6 Å². The van der Waals surface area contributed by atoms with Gasteiger partial charge in [0, 0.05) is 25.8 Å². The lowest BCUT2D eigenvalue weighted by molar-refractivity contribution is -0.126. The number of aromatic nitrogens is 3. The third-order valence-corrected chi connectivity index (χ3v) is 5.25. The molecule has 0 aromatic carbocycles. The summed E-state index contributed by atoms with van der Waals surface area (Å²) in [6.45, 7) is 3.90. The zero-order valence-electron chi connectivity index (χ0n) is 14.4. The SMILES string of the molecule is O=C(NCC1CC1)C1CCCN(CCn2nc3ccccn3c2=O)C1. The van der Waals surface area contributed by atoms with Gasteiger partial charge in [-0.1, -0.05) is 6.07 Å². The first-order chi connectivity index (χ1) is 12.2. The number of carbonyl (C=O) groups excluding carboxylic acids is 1. The summed E-state index contributed by atoms with van der Waals surface area (Å²) in [6.07, 6.45) is 6.24. The summed E-state index contributed by atoms with van der Waals surface area (Å²) in [7, 11) is 0. The maximum atomic E-state index is 12.3. The second kappa shape index (κ2) is 7.00. The third kappa shape index (κ3) is 3.76. The molecular formula is C18H25N5O2. The van der Waals surface area contributed by atoms with Gasteiger partial charge in [0.2, 0.25) is 5.91 Å². The van der Waals surface area contributed by atoms with E-state index in [1.165, 1.54) is 17.5 Å². The molecule has 7 heteroatoms. The summed E-state index contributed by atoms with van der Waals surface area (Å²) >= 11 is 0. The Morgan fingerprint density at radius 3 is 2.92 bits per heavy atom. The molecule has 1 unspecified atom stereocenters. The predicted molar refractivity (Wildman–Crippen MR) is 94.3 cm³/mol. The number of carbonyl (C=O) groups is 1. The second-order valence-corrected chi connectivity index (χ2v) is 7.26. The van der Waals surface area contributed by atoms with Crippen molar-refractivity contribution in [3.63, 3.8) is 0 Å². The molecule has 7 nitrogen and oxygen atoms in total. The number of nitrogens with one attached hydrogen (secondary N) is 1. The molecule has 1 saturated carbocycles. The molecule has 0 radical (unpaired) electrons. The molecule has 4 rings (SSSR count). The summed E-state index contributed by atoms with van der Waals surface area (Å²) < 4.78 is 3.08. The van der Waals surface area contributed by atoms with Crippen LogP contribution in [-0.2, 0) is 11.3 Å². The van der Waals surface area contributed by atoms with E-state index in [0.717, 1.165) is 39.0 Å². The molecule has 25 heavy (non-hydrogen) atoms. The van der Waals surface area contributed by atoms with Gasteiger partial charge in [-0.25, -0.2) is 9.48 Å². The summed E-state index contributed by atoms with van der Waals surface area (Å²) in [5.41, 5.74) is 0.565. The molecule has 2 aliphatic rings. The summed E-state index contributed by atoms with van der Waals surface area (Å²) in [4.78, 5) is 26.9. The Bertz CT molecular complexity index is 807. The molecule has 134 valence electrons. The molecule has 0 spiro atoms. The average Bonchev–Trinajstić information content (AvgIpc) is 3.42. The van der Waals surface area contributed by atoms with Crippen molar-refractivity contribution in [3.8, 4) is 0 Å². The fourth-order valence-electron chi connectivity index (χ4n) is 3.53. The minimum absolute atomic E-state index is 0.0743. The van der Waals surface area contributed by atoms with Crippen LogP contribution >= 0.6 is 0 Å². The molecule has 1 aliphatic carbocycles. The van der Waals surface area contributed by atoms with Crippen LogP contribution in [0.1, 0.15) is 25.7 Å². The van der Waals surface area contributed by atoms with Crippen LogP contribution < -0.4 is 11.0 Å². The third-order valence-electron chi connectivity index (χ3n) is 5.25. The molecule has 2 aromatic heterocycles. The zero-order valence-corrected chi connectivity index (χ0v) is 14.4. The summed E-state index contributed by atoms with van der Waals surface area (Å²) in [5.74, 6) is 0.984. The molecule has 2 aromatic rings. The van der Waals surface area contributed by atoms with Gasteiger partial charge in [0.1, 0.15) is 0 Å². The van der Waals surface area contributed by atoms with Crippen LogP contribution in [0, 0.1) is 11.8 Å². The lowest BCUT2D eigenvalue weighted by Gasteiger charge is -2.31. The van der Waals surface area contributed by atoms with E-state index in [1.54, 1.807) is 10.6 Å². The lowest BCUT2D eigenvalue weighted by Crippen LogP contribution is -2.44. The predicted octanol–water partition coefficient (Wildman–Crippen LogP) is 0.734. The van der Waals surface area contributed by atoms with Crippen LogP contribution in [0.5, 0.6) is 0 Å². The zero-order chi connectivity index (χ0) is 17.2. The molecule has 1 atom stereocenters. The maximum Gasteiger partial charge on any atom is 0.350 e. The minimum atomic E-state index is -0.105. The van der Waals surface area contributed by atoms with Crippen LogP contribution in [0.4, 0.5) is 0 Å². The van der Waals surface area contributed by atoms with Crippen molar-refractivity contribution in [3.05, 3.63) is 34.9 Å². The molecule has 0 bridgehead atoms. The molecule has 1 saturated heterocycles.